The molecule has 120 valence electrons. The third-order valence-corrected chi connectivity index (χ3v) is 4.78. The van der Waals surface area contributed by atoms with Crippen LogP contribution in [0.5, 0.6) is 0 Å². The SMILES string of the molecule is COC(=O)/C(=C1\NCCC12C=Nc1ccccc12)c1ccccc1. The van der Waals surface area contributed by atoms with E-state index in [9.17, 15) is 4.79 Å². The van der Waals surface area contributed by atoms with E-state index in [0.717, 1.165) is 35.5 Å². The van der Waals surface area contributed by atoms with Gasteiger partial charge in [0.1, 0.15) is 0 Å². The number of methoxy groups -OCH3 is 1. The largest absolute Gasteiger partial charge is 0.465 e. The second-order valence-electron chi connectivity index (χ2n) is 6.03. The Labute approximate surface area is 140 Å². The first-order valence-electron chi connectivity index (χ1n) is 8.03. The third kappa shape index (κ3) is 2.07. The molecule has 4 heteroatoms. The van der Waals surface area contributed by atoms with E-state index in [1.54, 1.807) is 0 Å². The van der Waals surface area contributed by atoms with Crippen LogP contribution in [0.2, 0.25) is 0 Å². The van der Waals surface area contributed by atoms with Crippen molar-refractivity contribution < 1.29 is 9.53 Å². The molecule has 0 saturated carbocycles. The van der Waals surface area contributed by atoms with E-state index in [1.165, 1.54) is 7.11 Å². The molecule has 2 aliphatic rings. The second-order valence-corrected chi connectivity index (χ2v) is 6.03. The van der Waals surface area contributed by atoms with Crippen LogP contribution in [-0.4, -0.2) is 25.8 Å². The zero-order valence-electron chi connectivity index (χ0n) is 13.5. The number of carbonyl (C=O) groups excluding carboxylic acids is 1. The van der Waals surface area contributed by atoms with Gasteiger partial charge < -0.3 is 10.1 Å². The molecule has 1 atom stereocenters. The topological polar surface area (TPSA) is 50.7 Å². The van der Waals surface area contributed by atoms with Crippen molar-refractivity contribution in [1.82, 2.24) is 5.32 Å². The van der Waals surface area contributed by atoms with Crippen LogP contribution in [-0.2, 0) is 14.9 Å². The number of ether oxygens (including phenoxy) is 1. The molecule has 2 heterocycles. The van der Waals surface area contributed by atoms with Crippen LogP contribution in [0.1, 0.15) is 17.5 Å². The Morgan fingerprint density at radius 2 is 1.88 bits per heavy atom. The lowest BCUT2D eigenvalue weighted by atomic mass is 9.77. The van der Waals surface area contributed by atoms with Gasteiger partial charge in [-0.05, 0) is 23.6 Å². The number of nitrogens with one attached hydrogen (secondary N) is 1. The molecule has 0 amide bonds. The van der Waals surface area contributed by atoms with Crippen LogP contribution in [0, 0.1) is 0 Å². The van der Waals surface area contributed by atoms with Gasteiger partial charge in [-0.2, -0.15) is 0 Å². The molecule has 2 aromatic rings. The van der Waals surface area contributed by atoms with Crippen molar-refractivity contribution in [2.75, 3.05) is 13.7 Å². The van der Waals surface area contributed by atoms with E-state index in [-0.39, 0.29) is 11.4 Å². The fraction of sp³-hybridized carbons (Fsp3) is 0.200. The predicted molar refractivity (Wildman–Crippen MR) is 94.3 cm³/mol. The van der Waals surface area contributed by atoms with Crippen LogP contribution in [0.15, 0.2) is 65.3 Å². The molecule has 0 bridgehead atoms. The zero-order valence-corrected chi connectivity index (χ0v) is 13.5. The fourth-order valence-electron chi connectivity index (χ4n) is 3.66. The van der Waals surface area contributed by atoms with Crippen molar-refractivity contribution in [3.8, 4) is 0 Å². The van der Waals surface area contributed by atoms with Gasteiger partial charge in [-0.25, -0.2) is 4.79 Å². The zero-order chi connectivity index (χ0) is 16.6. The number of allylic oxidation sites excluding steroid dienone is 1. The molecule has 24 heavy (non-hydrogen) atoms. The average molecular weight is 318 g/mol. The summed E-state index contributed by atoms with van der Waals surface area (Å²) < 4.78 is 5.09. The van der Waals surface area contributed by atoms with Gasteiger partial charge in [0.25, 0.3) is 0 Å². The second kappa shape index (κ2) is 5.64. The van der Waals surface area contributed by atoms with E-state index >= 15 is 0 Å². The van der Waals surface area contributed by atoms with Gasteiger partial charge in [-0.1, -0.05) is 48.5 Å². The summed E-state index contributed by atoms with van der Waals surface area (Å²) in [6.07, 6.45) is 2.84. The van der Waals surface area contributed by atoms with Crippen LogP contribution >= 0.6 is 0 Å². The minimum absolute atomic E-state index is 0.331. The minimum atomic E-state index is -0.379. The quantitative estimate of drug-likeness (QED) is 0.683. The monoisotopic (exact) mass is 318 g/mol. The lowest BCUT2D eigenvalue weighted by Crippen LogP contribution is -2.29. The van der Waals surface area contributed by atoms with Crippen LogP contribution in [0.4, 0.5) is 5.69 Å². The first-order valence-corrected chi connectivity index (χ1v) is 8.03. The molecule has 4 nitrogen and oxygen atoms in total. The van der Waals surface area contributed by atoms with Crippen molar-refractivity contribution in [1.29, 1.82) is 0 Å². The molecule has 2 aliphatic heterocycles. The van der Waals surface area contributed by atoms with E-state index in [0.29, 0.717) is 5.57 Å². The highest BCUT2D eigenvalue weighted by molar-refractivity contribution is 6.19. The molecule has 0 aliphatic carbocycles. The van der Waals surface area contributed by atoms with E-state index in [4.69, 9.17) is 4.74 Å². The summed E-state index contributed by atoms with van der Waals surface area (Å²) in [6.45, 7) is 0.795. The van der Waals surface area contributed by atoms with Crippen molar-refractivity contribution in [3.63, 3.8) is 0 Å². The number of hydrogen-bond donors (Lipinski definition) is 1. The number of fused-ring (bicyclic) bond motifs is 2. The van der Waals surface area contributed by atoms with E-state index in [1.807, 2.05) is 54.7 Å². The molecule has 0 radical (unpaired) electrons. The summed E-state index contributed by atoms with van der Waals surface area (Å²) in [6, 6.07) is 17.8. The van der Waals surface area contributed by atoms with Crippen molar-refractivity contribution in [2.24, 2.45) is 4.99 Å². The van der Waals surface area contributed by atoms with Gasteiger partial charge in [0, 0.05) is 18.5 Å². The Bertz CT molecular complexity index is 855. The normalized spacial score (nSPS) is 23.0. The molecule has 2 aromatic carbocycles. The maximum absolute atomic E-state index is 12.6. The maximum atomic E-state index is 12.6. The highest BCUT2D eigenvalue weighted by Gasteiger charge is 2.46. The third-order valence-electron chi connectivity index (χ3n) is 4.78. The summed E-state index contributed by atoms with van der Waals surface area (Å²) >= 11 is 0. The Morgan fingerprint density at radius 1 is 1.12 bits per heavy atom. The van der Waals surface area contributed by atoms with E-state index < -0.39 is 0 Å². The first kappa shape index (κ1) is 14.7. The summed E-state index contributed by atoms with van der Waals surface area (Å²) in [5, 5.41) is 3.43. The molecule has 4 rings (SSSR count). The molecular formula is C20H18N2O2. The van der Waals surface area contributed by atoms with Gasteiger partial charge in [0.05, 0.1) is 23.8 Å². The smallest absolute Gasteiger partial charge is 0.340 e. The summed E-state index contributed by atoms with van der Waals surface area (Å²) in [7, 11) is 1.42. The van der Waals surface area contributed by atoms with Gasteiger partial charge in [0.2, 0.25) is 0 Å². The molecule has 1 saturated heterocycles. The van der Waals surface area contributed by atoms with Crippen molar-refractivity contribution >= 4 is 23.4 Å². The Morgan fingerprint density at radius 3 is 2.67 bits per heavy atom. The fourth-order valence-corrected chi connectivity index (χ4v) is 3.66. The Hall–Kier alpha value is -2.88. The van der Waals surface area contributed by atoms with Gasteiger partial charge in [0.15, 0.2) is 0 Å². The molecular weight excluding hydrogens is 300 g/mol. The number of hydrogen-bond acceptors (Lipinski definition) is 4. The maximum Gasteiger partial charge on any atom is 0.340 e. The number of rotatable bonds is 2. The molecule has 0 aromatic heterocycles. The summed E-state index contributed by atoms with van der Waals surface area (Å²) in [4.78, 5) is 17.2. The summed E-state index contributed by atoms with van der Waals surface area (Å²) in [5.74, 6) is -0.331. The predicted octanol–water partition coefficient (Wildman–Crippen LogP) is 3.22. The number of aliphatic imine (C=N–C) groups is 1. The average Bonchev–Trinajstić information content (AvgIpc) is 3.22. The molecule has 1 unspecified atom stereocenters. The number of nitrogens with zero attached hydrogens (tertiary/aromatic N) is 1. The highest BCUT2D eigenvalue weighted by atomic mass is 16.5. The van der Waals surface area contributed by atoms with Gasteiger partial charge in [-0.3, -0.25) is 4.99 Å². The first-order chi connectivity index (χ1) is 11.8. The molecule has 1 spiro atoms. The minimum Gasteiger partial charge on any atom is -0.465 e. The Kier molecular flexibility index (Phi) is 3.45. The lowest BCUT2D eigenvalue weighted by Gasteiger charge is -2.25. The van der Waals surface area contributed by atoms with Crippen LogP contribution < -0.4 is 5.32 Å². The van der Waals surface area contributed by atoms with Gasteiger partial charge in [-0.15, -0.1) is 0 Å². The number of para-hydroxylation sites is 1. The highest BCUT2D eigenvalue weighted by Crippen LogP contribution is 2.47. The molecule has 1 N–H and O–H groups in total. The molecule has 1 fully saturated rings. The number of benzene rings is 2. The van der Waals surface area contributed by atoms with Crippen molar-refractivity contribution in [2.45, 2.75) is 11.8 Å². The standard InChI is InChI=1S/C20H18N2O2/c1-24-19(23)17(14-7-3-2-4-8-14)18-20(11-12-21-18)13-22-16-10-6-5-9-15(16)20/h2-10,13,21H,11-12H2,1H3/b18-17-. The van der Waals surface area contributed by atoms with Crippen LogP contribution in [0.25, 0.3) is 5.57 Å². The lowest BCUT2D eigenvalue weighted by molar-refractivity contribution is -0.133. The van der Waals surface area contributed by atoms with E-state index in [2.05, 4.69) is 16.4 Å². The summed E-state index contributed by atoms with van der Waals surface area (Å²) in [5.41, 5.74) is 4.05. The number of carbonyl (C=O) groups is 1. The van der Waals surface area contributed by atoms with Crippen molar-refractivity contribution in [3.05, 3.63) is 71.4 Å². The number of esters is 1. The van der Waals surface area contributed by atoms with Crippen LogP contribution in [0.3, 0.4) is 0 Å². The van der Waals surface area contributed by atoms with Gasteiger partial charge >= 0.3 is 5.97 Å². The Balaban J connectivity index is 1.97.